The van der Waals surface area contributed by atoms with Crippen LogP contribution >= 0.6 is 8.38 Å². The van der Waals surface area contributed by atoms with Crippen molar-refractivity contribution in [1.29, 1.82) is 0 Å². The third kappa shape index (κ3) is 3.23. The maximum atomic E-state index is 10.4. The molecule has 0 radical (unpaired) electrons. The normalized spacial score (nSPS) is 13.2. The van der Waals surface area contributed by atoms with Gasteiger partial charge in [-0.15, -0.1) is 0 Å². The van der Waals surface area contributed by atoms with Gasteiger partial charge in [-0.1, -0.05) is 41.5 Å². The van der Waals surface area contributed by atoms with Gasteiger partial charge in [-0.05, 0) is 23.0 Å². The standard InChI is InChI=1S/C14H23O3P/c1-13(2,3)10-7-9(18(16)17)8-11(12(10)15)14(4,5)6/h7-8,15-17H,1-6H3. The molecule has 0 aliphatic rings. The molecule has 18 heavy (non-hydrogen) atoms. The van der Waals surface area contributed by atoms with Gasteiger partial charge in [0.1, 0.15) is 5.75 Å². The number of phenolic OH excluding ortho intramolecular Hbond substituents is 1. The van der Waals surface area contributed by atoms with E-state index in [4.69, 9.17) is 0 Å². The van der Waals surface area contributed by atoms with Crippen LogP contribution in [-0.2, 0) is 10.8 Å². The van der Waals surface area contributed by atoms with Gasteiger partial charge >= 0.3 is 0 Å². The molecule has 1 rings (SSSR count). The van der Waals surface area contributed by atoms with Gasteiger partial charge < -0.3 is 14.9 Å². The molecule has 0 amide bonds. The van der Waals surface area contributed by atoms with Crippen molar-refractivity contribution < 1.29 is 14.9 Å². The fourth-order valence-corrected chi connectivity index (χ4v) is 2.37. The molecule has 3 N–H and O–H groups in total. The quantitative estimate of drug-likeness (QED) is 0.688. The lowest BCUT2D eigenvalue weighted by atomic mass is 9.79. The van der Waals surface area contributed by atoms with Crippen LogP contribution in [0.25, 0.3) is 0 Å². The molecule has 0 spiro atoms. The molecule has 0 saturated carbocycles. The summed E-state index contributed by atoms with van der Waals surface area (Å²) in [6.45, 7) is 12.0. The third-order valence-corrected chi connectivity index (χ3v) is 3.66. The molecule has 0 aliphatic heterocycles. The molecule has 4 heteroatoms. The van der Waals surface area contributed by atoms with E-state index < -0.39 is 8.38 Å². The Bertz CT molecular complexity index is 404. The summed E-state index contributed by atoms with van der Waals surface area (Å²) in [5, 5.41) is 10.9. The highest BCUT2D eigenvalue weighted by molar-refractivity contribution is 7.54. The third-order valence-electron chi connectivity index (χ3n) is 2.94. The maximum absolute atomic E-state index is 10.4. The molecular weight excluding hydrogens is 247 g/mol. The number of aromatic hydroxyl groups is 1. The highest BCUT2D eigenvalue weighted by Gasteiger charge is 2.27. The Morgan fingerprint density at radius 2 is 1.17 bits per heavy atom. The highest BCUT2D eigenvalue weighted by Crippen LogP contribution is 2.40. The summed E-state index contributed by atoms with van der Waals surface area (Å²) in [5.41, 5.74) is 1.01. The van der Waals surface area contributed by atoms with E-state index in [1.165, 1.54) is 0 Å². The molecule has 0 saturated heterocycles. The van der Waals surface area contributed by atoms with Gasteiger partial charge in [0, 0.05) is 16.4 Å². The molecule has 0 atom stereocenters. The SMILES string of the molecule is CC(C)(C)c1cc(P(O)O)cc(C(C)(C)C)c1O. The van der Waals surface area contributed by atoms with E-state index in [0.29, 0.717) is 5.30 Å². The minimum Gasteiger partial charge on any atom is -0.507 e. The fraction of sp³-hybridized carbons (Fsp3) is 0.571. The lowest BCUT2D eigenvalue weighted by Gasteiger charge is -2.28. The minimum atomic E-state index is -2.15. The Hall–Kier alpha value is -0.630. The van der Waals surface area contributed by atoms with E-state index in [0.717, 1.165) is 11.1 Å². The van der Waals surface area contributed by atoms with Crippen LogP contribution in [0.15, 0.2) is 12.1 Å². The Balaban J connectivity index is 3.59. The van der Waals surface area contributed by atoms with E-state index in [1.54, 1.807) is 12.1 Å². The van der Waals surface area contributed by atoms with Crippen LogP contribution in [-0.4, -0.2) is 14.9 Å². The predicted octanol–water partition coefficient (Wildman–Crippen LogP) is 2.91. The second kappa shape index (κ2) is 4.80. The molecule has 3 nitrogen and oxygen atoms in total. The molecule has 0 bridgehead atoms. The Morgan fingerprint density at radius 1 is 0.833 bits per heavy atom. The zero-order valence-corrected chi connectivity index (χ0v) is 12.8. The van der Waals surface area contributed by atoms with Crippen molar-refractivity contribution in [3.63, 3.8) is 0 Å². The summed E-state index contributed by atoms with van der Waals surface area (Å²) in [6.07, 6.45) is 0. The summed E-state index contributed by atoms with van der Waals surface area (Å²) in [4.78, 5) is 18.9. The lowest BCUT2D eigenvalue weighted by molar-refractivity contribution is 0.423. The van der Waals surface area contributed by atoms with Gasteiger partial charge in [0.15, 0.2) is 8.38 Å². The first-order chi connectivity index (χ1) is 7.94. The van der Waals surface area contributed by atoms with Crippen molar-refractivity contribution in [2.45, 2.75) is 52.4 Å². The van der Waals surface area contributed by atoms with Gasteiger partial charge in [0.25, 0.3) is 0 Å². The first-order valence-corrected chi connectivity index (χ1v) is 7.25. The first-order valence-electron chi connectivity index (χ1n) is 6.00. The second-order valence-corrected chi connectivity index (χ2v) is 7.77. The van der Waals surface area contributed by atoms with E-state index >= 15 is 0 Å². The zero-order chi connectivity index (χ0) is 14.3. The topological polar surface area (TPSA) is 60.7 Å². The van der Waals surface area contributed by atoms with E-state index in [-0.39, 0.29) is 16.6 Å². The Kier molecular flexibility index (Phi) is 4.12. The fourth-order valence-electron chi connectivity index (χ4n) is 1.88. The Labute approximate surface area is 110 Å². The second-order valence-electron chi connectivity index (χ2n) is 6.68. The molecular formula is C14H23O3P. The number of hydrogen-bond donors (Lipinski definition) is 3. The highest BCUT2D eigenvalue weighted by atomic mass is 31.2. The summed E-state index contributed by atoms with van der Waals surface area (Å²) in [6, 6.07) is 3.38. The van der Waals surface area contributed by atoms with Gasteiger partial charge in [0.2, 0.25) is 0 Å². The van der Waals surface area contributed by atoms with E-state index in [9.17, 15) is 14.9 Å². The predicted molar refractivity (Wildman–Crippen MR) is 76.5 cm³/mol. The molecule has 0 aliphatic carbocycles. The van der Waals surface area contributed by atoms with Crippen LogP contribution in [0, 0.1) is 0 Å². The largest absolute Gasteiger partial charge is 0.507 e. The molecule has 1 aromatic rings. The van der Waals surface area contributed by atoms with Gasteiger partial charge in [-0.2, -0.15) is 0 Å². The lowest BCUT2D eigenvalue weighted by Crippen LogP contribution is -2.20. The smallest absolute Gasteiger partial charge is 0.199 e. The average Bonchev–Trinajstić information content (AvgIpc) is 2.13. The van der Waals surface area contributed by atoms with Crippen molar-refractivity contribution in [3.8, 4) is 5.75 Å². The zero-order valence-electron chi connectivity index (χ0n) is 11.9. The van der Waals surface area contributed by atoms with Crippen LogP contribution in [0.2, 0.25) is 0 Å². The molecule has 1 aromatic carbocycles. The van der Waals surface area contributed by atoms with Gasteiger partial charge in [0.05, 0.1) is 0 Å². The molecule has 0 heterocycles. The summed E-state index contributed by atoms with van der Waals surface area (Å²) in [5.74, 6) is 0.260. The van der Waals surface area contributed by atoms with Gasteiger partial charge in [-0.25, -0.2) is 0 Å². The summed E-state index contributed by atoms with van der Waals surface area (Å²) in [7, 11) is -2.15. The van der Waals surface area contributed by atoms with Crippen LogP contribution in [0.1, 0.15) is 52.7 Å². The first kappa shape index (κ1) is 15.4. The summed E-state index contributed by atoms with van der Waals surface area (Å²) < 4.78 is 0. The van der Waals surface area contributed by atoms with Crippen molar-refractivity contribution in [1.82, 2.24) is 0 Å². The maximum Gasteiger partial charge on any atom is 0.199 e. The average molecular weight is 270 g/mol. The number of phenols is 1. The van der Waals surface area contributed by atoms with Crippen molar-refractivity contribution in [2.75, 3.05) is 0 Å². The molecule has 0 aromatic heterocycles. The van der Waals surface area contributed by atoms with Crippen LogP contribution in [0.3, 0.4) is 0 Å². The van der Waals surface area contributed by atoms with Crippen molar-refractivity contribution in [3.05, 3.63) is 23.3 Å². The van der Waals surface area contributed by atoms with E-state index in [1.807, 2.05) is 41.5 Å². The Morgan fingerprint density at radius 3 is 1.39 bits per heavy atom. The van der Waals surface area contributed by atoms with E-state index in [2.05, 4.69) is 0 Å². The molecule has 0 unspecified atom stereocenters. The van der Waals surface area contributed by atoms with Gasteiger partial charge in [-0.3, -0.25) is 0 Å². The molecule has 0 fully saturated rings. The van der Waals surface area contributed by atoms with Crippen molar-refractivity contribution >= 4 is 13.7 Å². The molecule has 102 valence electrons. The van der Waals surface area contributed by atoms with Crippen LogP contribution in [0.4, 0.5) is 0 Å². The number of rotatable bonds is 1. The summed E-state index contributed by atoms with van der Waals surface area (Å²) >= 11 is 0. The van der Waals surface area contributed by atoms with Crippen LogP contribution < -0.4 is 5.30 Å². The minimum absolute atomic E-state index is 0.245. The van der Waals surface area contributed by atoms with Crippen molar-refractivity contribution in [2.24, 2.45) is 0 Å². The monoisotopic (exact) mass is 270 g/mol. The van der Waals surface area contributed by atoms with Crippen LogP contribution in [0.5, 0.6) is 5.75 Å². The number of hydrogen-bond acceptors (Lipinski definition) is 3. The number of benzene rings is 1.